The topological polar surface area (TPSA) is 23.5 Å². The second kappa shape index (κ2) is 8.12. The van der Waals surface area contributed by atoms with Crippen LogP contribution in [0.25, 0.3) is 0 Å². The van der Waals surface area contributed by atoms with Crippen LogP contribution in [0.5, 0.6) is 0 Å². The van der Waals surface area contributed by atoms with Gasteiger partial charge in [-0.25, -0.2) is 0 Å². The average molecular weight is 213 g/mol. The first-order valence-corrected chi connectivity index (χ1v) is 6.62. The Morgan fingerprint density at radius 3 is 2.40 bits per heavy atom. The SMILES string of the molecule is CN(CCCCCCO)CC1CCCC1. The molecule has 15 heavy (non-hydrogen) atoms. The molecular formula is C13H27NO. The van der Waals surface area contributed by atoms with E-state index in [9.17, 15) is 0 Å². The van der Waals surface area contributed by atoms with Crippen molar-refractivity contribution in [3.63, 3.8) is 0 Å². The maximum absolute atomic E-state index is 8.65. The Labute approximate surface area is 94.7 Å². The van der Waals surface area contributed by atoms with Crippen molar-refractivity contribution in [2.24, 2.45) is 5.92 Å². The number of nitrogens with zero attached hydrogens (tertiary/aromatic N) is 1. The zero-order valence-corrected chi connectivity index (χ0v) is 10.2. The summed E-state index contributed by atoms with van der Waals surface area (Å²) in [5.41, 5.74) is 0. The quantitative estimate of drug-likeness (QED) is 0.627. The summed E-state index contributed by atoms with van der Waals surface area (Å²) >= 11 is 0. The molecule has 1 N–H and O–H groups in total. The van der Waals surface area contributed by atoms with Crippen LogP contribution in [0, 0.1) is 5.92 Å². The number of rotatable bonds is 8. The van der Waals surface area contributed by atoms with Crippen molar-refractivity contribution < 1.29 is 5.11 Å². The molecule has 0 spiro atoms. The normalized spacial score (nSPS) is 17.8. The van der Waals surface area contributed by atoms with E-state index in [1.165, 1.54) is 58.0 Å². The predicted octanol–water partition coefficient (Wildman–Crippen LogP) is 2.66. The van der Waals surface area contributed by atoms with Gasteiger partial charge in [-0.2, -0.15) is 0 Å². The molecule has 0 unspecified atom stereocenters. The lowest BCUT2D eigenvalue weighted by Crippen LogP contribution is -2.25. The van der Waals surface area contributed by atoms with E-state index >= 15 is 0 Å². The average Bonchev–Trinajstić information content (AvgIpc) is 2.70. The Morgan fingerprint density at radius 2 is 1.73 bits per heavy atom. The second-order valence-electron chi connectivity index (χ2n) is 5.05. The van der Waals surface area contributed by atoms with Gasteiger partial charge in [-0.1, -0.05) is 25.7 Å². The van der Waals surface area contributed by atoms with Crippen LogP contribution < -0.4 is 0 Å². The van der Waals surface area contributed by atoms with Crippen LogP contribution >= 0.6 is 0 Å². The monoisotopic (exact) mass is 213 g/mol. The lowest BCUT2D eigenvalue weighted by atomic mass is 10.1. The number of aliphatic hydroxyl groups excluding tert-OH is 1. The number of hydrogen-bond donors (Lipinski definition) is 1. The minimum absolute atomic E-state index is 0.359. The molecule has 0 heterocycles. The van der Waals surface area contributed by atoms with Gasteiger partial charge in [0.2, 0.25) is 0 Å². The molecule has 0 amide bonds. The number of unbranched alkanes of at least 4 members (excludes halogenated alkanes) is 3. The molecule has 0 radical (unpaired) electrons. The third kappa shape index (κ3) is 6.16. The third-order valence-corrected chi connectivity index (χ3v) is 3.49. The van der Waals surface area contributed by atoms with Gasteiger partial charge in [0.25, 0.3) is 0 Å². The third-order valence-electron chi connectivity index (χ3n) is 3.49. The molecule has 90 valence electrons. The van der Waals surface area contributed by atoms with Gasteiger partial charge in [-0.3, -0.25) is 0 Å². The Morgan fingerprint density at radius 1 is 1.07 bits per heavy atom. The summed E-state index contributed by atoms with van der Waals surface area (Å²) in [6.45, 7) is 2.90. The van der Waals surface area contributed by atoms with E-state index in [-0.39, 0.29) is 0 Å². The highest BCUT2D eigenvalue weighted by molar-refractivity contribution is 4.70. The zero-order chi connectivity index (χ0) is 10.9. The van der Waals surface area contributed by atoms with Crippen LogP contribution in [0.4, 0.5) is 0 Å². The van der Waals surface area contributed by atoms with Crippen molar-refractivity contribution in [1.29, 1.82) is 0 Å². The molecule has 1 saturated carbocycles. The van der Waals surface area contributed by atoms with Crippen molar-refractivity contribution in [2.75, 3.05) is 26.7 Å². The van der Waals surface area contributed by atoms with Crippen LogP contribution in [0.15, 0.2) is 0 Å². The van der Waals surface area contributed by atoms with E-state index in [1.807, 2.05) is 0 Å². The summed E-state index contributed by atoms with van der Waals surface area (Å²) < 4.78 is 0. The van der Waals surface area contributed by atoms with Gasteiger partial charge in [0, 0.05) is 13.2 Å². The molecule has 2 nitrogen and oxygen atoms in total. The summed E-state index contributed by atoms with van der Waals surface area (Å²) in [5, 5.41) is 8.65. The molecule has 0 aromatic rings. The highest BCUT2D eigenvalue weighted by Crippen LogP contribution is 2.25. The fourth-order valence-corrected chi connectivity index (χ4v) is 2.57. The van der Waals surface area contributed by atoms with Crippen molar-refractivity contribution in [3.8, 4) is 0 Å². The molecule has 1 rings (SSSR count). The number of hydrogen-bond acceptors (Lipinski definition) is 2. The molecule has 0 bridgehead atoms. The minimum atomic E-state index is 0.359. The van der Waals surface area contributed by atoms with Crippen molar-refractivity contribution >= 4 is 0 Å². The van der Waals surface area contributed by atoms with E-state index in [2.05, 4.69) is 11.9 Å². The van der Waals surface area contributed by atoms with Gasteiger partial charge in [0.1, 0.15) is 0 Å². The molecular weight excluding hydrogens is 186 g/mol. The fraction of sp³-hybridized carbons (Fsp3) is 1.00. The van der Waals surface area contributed by atoms with Gasteiger partial charge < -0.3 is 10.0 Å². The minimum Gasteiger partial charge on any atom is -0.396 e. The summed E-state index contributed by atoms with van der Waals surface area (Å²) in [7, 11) is 2.25. The zero-order valence-electron chi connectivity index (χ0n) is 10.2. The largest absolute Gasteiger partial charge is 0.396 e. The van der Waals surface area contributed by atoms with Crippen LogP contribution in [0.3, 0.4) is 0 Å². The number of aliphatic hydroxyl groups is 1. The molecule has 1 aliphatic carbocycles. The molecule has 2 heteroatoms. The fourth-order valence-electron chi connectivity index (χ4n) is 2.57. The first-order valence-electron chi connectivity index (χ1n) is 6.62. The second-order valence-corrected chi connectivity index (χ2v) is 5.05. The van der Waals surface area contributed by atoms with E-state index in [4.69, 9.17) is 5.11 Å². The predicted molar refractivity (Wildman–Crippen MR) is 65.0 cm³/mol. The van der Waals surface area contributed by atoms with Crippen LogP contribution in [0.1, 0.15) is 51.4 Å². The van der Waals surface area contributed by atoms with Crippen LogP contribution in [-0.4, -0.2) is 36.8 Å². The molecule has 0 atom stereocenters. The van der Waals surface area contributed by atoms with Crippen molar-refractivity contribution in [2.45, 2.75) is 51.4 Å². The molecule has 0 aromatic heterocycles. The van der Waals surface area contributed by atoms with Crippen LogP contribution in [-0.2, 0) is 0 Å². The summed E-state index contributed by atoms with van der Waals surface area (Å²) in [6.07, 6.45) is 10.5. The lowest BCUT2D eigenvalue weighted by molar-refractivity contribution is 0.263. The first kappa shape index (κ1) is 13.0. The smallest absolute Gasteiger partial charge is 0.0431 e. The van der Waals surface area contributed by atoms with Gasteiger partial charge in [-0.15, -0.1) is 0 Å². The van der Waals surface area contributed by atoms with Gasteiger partial charge in [0.15, 0.2) is 0 Å². The Bertz CT molecular complexity index is 143. The van der Waals surface area contributed by atoms with Crippen molar-refractivity contribution in [3.05, 3.63) is 0 Å². The highest BCUT2D eigenvalue weighted by Gasteiger charge is 2.16. The molecule has 1 aliphatic rings. The van der Waals surface area contributed by atoms with Crippen LogP contribution in [0.2, 0.25) is 0 Å². The van der Waals surface area contributed by atoms with E-state index < -0.39 is 0 Å². The van der Waals surface area contributed by atoms with Crippen molar-refractivity contribution in [1.82, 2.24) is 4.90 Å². The standard InChI is InChI=1S/C13H27NO/c1-14(10-6-2-3-7-11-15)12-13-8-4-5-9-13/h13,15H,2-12H2,1H3. The molecule has 0 saturated heterocycles. The Kier molecular flexibility index (Phi) is 7.03. The molecule has 0 aromatic carbocycles. The molecule has 0 aliphatic heterocycles. The molecule has 1 fully saturated rings. The summed E-state index contributed by atoms with van der Waals surface area (Å²) in [4.78, 5) is 2.49. The summed E-state index contributed by atoms with van der Waals surface area (Å²) in [6, 6.07) is 0. The Hall–Kier alpha value is -0.0800. The van der Waals surface area contributed by atoms with E-state index in [0.29, 0.717) is 6.61 Å². The van der Waals surface area contributed by atoms with E-state index in [0.717, 1.165) is 12.3 Å². The lowest BCUT2D eigenvalue weighted by Gasteiger charge is -2.20. The maximum Gasteiger partial charge on any atom is 0.0431 e. The van der Waals surface area contributed by atoms with Gasteiger partial charge >= 0.3 is 0 Å². The van der Waals surface area contributed by atoms with Gasteiger partial charge in [-0.05, 0) is 45.2 Å². The Balaban J connectivity index is 1.91. The van der Waals surface area contributed by atoms with Gasteiger partial charge in [0.05, 0.1) is 0 Å². The maximum atomic E-state index is 8.65. The first-order chi connectivity index (χ1) is 7.33. The van der Waals surface area contributed by atoms with E-state index in [1.54, 1.807) is 0 Å². The highest BCUT2D eigenvalue weighted by atomic mass is 16.2. The summed E-state index contributed by atoms with van der Waals surface area (Å²) in [5.74, 6) is 0.979.